The highest BCUT2D eigenvalue weighted by Gasteiger charge is 2.09. The number of ether oxygens (including phenoxy) is 1. The molecule has 1 aromatic heterocycles. The standard InChI is InChI=1S/C8H13N3O/c1-6(2)11-5-10-4-7(11)8(9)12-3/h4-6,9H,1-3H3. The third-order valence-corrected chi connectivity index (χ3v) is 1.66. The molecule has 0 bridgehead atoms. The molecule has 1 rings (SSSR count). The molecule has 0 aromatic carbocycles. The number of methoxy groups -OCH3 is 1. The first-order valence-electron chi connectivity index (χ1n) is 3.81. The molecule has 66 valence electrons. The van der Waals surface area contributed by atoms with Crippen molar-refractivity contribution in [1.29, 1.82) is 5.41 Å². The molecule has 0 aliphatic carbocycles. The topological polar surface area (TPSA) is 50.9 Å². The highest BCUT2D eigenvalue weighted by Crippen LogP contribution is 2.09. The van der Waals surface area contributed by atoms with Crippen LogP contribution in [0.3, 0.4) is 0 Å². The summed E-state index contributed by atoms with van der Waals surface area (Å²) in [7, 11) is 1.49. The van der Waals surface area contributed by atoms with E-state index in [1.165, 1.54) is 7.11 Å². The van der Waals surface area contributed by atoms with Crippen LogP contribution in [0.25, 0.3) is 0 Å². The molecule has 0 radical (unpaired) electrons. The molecule has 0 saturated carbocycles. The van der Waals surface area contributed by atoms with Crippen molar-refractivity contribution in [2.24, 2.45) is 0 Å². The van der Waals surface area contributed by atoms with Gasteiger partial charge in [0.15, 0.2) is 0 Å². The van der Waals surface area contributed by atoms with Crippen LogP contribution in [0, 0.1) is 5.41 Å². The monoisotopic (exact) mass is 167 g/mol. The summed E-state index contributed by atoms with van der Waals surface area (Å²) in [6.45, 7) is 4.07. The van der Waals surface area contributed by atoms with E-state index in [1.807, 2.05) is 18.4 Å². The van der Waals surface area contributed by atoms with Crippen molar-refractivity contribution in [2.45, 2.75) is 19.9 Å². The Morgan fingerprint density at radius 2 is 2.33 bits per heavy atom. The molecule has 0 fully saturated rings. The maximum atomic E-state index is 7.45. The fourth-order valence-corrected chi connectivity index (χ4v) is 0.997. The van der Waals surface area contributed by atoms with Gasteiger partial charge >= 0.3 is 0 Å². The second-order valence-corrected chi connectivity index (χ2v) is 2.81. The molecule has 0 amide bonds. The molecule has 0 unspecified atom stereocenters. The summed E-state index contributed by atoms with van der Waals surface area (Å²) in [6.07, 6.45) is 3.33. The number of nitrogens with zero attached hydrogens (tertiary/aromatic N) is 2. The number of nitrogens with one attached hydrogen (secondary N) is 1. The molecule has 0 saturated heterocycles. The lowest BCUT2D eigenvalue weighted by molar-refractivity contribution is 0.395. The van der Waals surface area contributed by atoms with Crippen molar-refractivity contribution in [3.8, 4) is 0 Å². The second kappa shape index (κ2) is 3.38. The van der Waals surface area contributed by atoms with Gasteiger partial charge in [-0.2, -0.15) is 0 Å². The number of imidazole rings is 1. The summed E-state index contributed by atoms with van der Waals surface area (Å²) >= 11 is 0. The van der Waals surface area contributed by atoms with E-state index >= 15 is 0 Å². The van der Waals surface area contributed by atoms with Gasteiger partial charge in [-0.25, -0.2) is 4.98 Å². The van der Waals surface area contributed by atoms with E-state index in [9.17, 15) is 0 Å². The van der Waals surface area contributed by atoms with Gasteiger partial charge in [-0.1, -0.05) is 0 Å². The van der Waals surface area contributed by atoms with Crippen molar-refractivity contribution < 1.29 is 4.74 Å². The van der Waals surface area contributed by atoms with Gasteiger partial charge in [0.05, 0.1) is 19.6 Å². The van der Waals surface area contributed by atoms with Crippen molar-refractivity contribution in [1.82, 2.24) is 9.55 Å². The molecular weight excluding hydrogens is 154 g/mol. The van der Waals surface area contributed by atoms with Crippen LogP contribution in [0.15, 0.2) is 12.5 Å². The van der Waals surface area contributed by atoms with E-state index in [0.29, 0.717) is 11.7 Å². The lowest BCUT2D eigenvalue weighted by atomic mass is 10.3. The highest BCUT2D eigenvalue weighted by molar-refractivity contribution is 5.89. The Bertz CT molecular complexity index is 278. The lowest BCUT2D eigenvalue weighted by Crippen LogP contribution is -2.11. The van der Waals surface area contributed by atoms with Gasteiger partial charge < -0.3 is 9.30 Å². The molecule has 1 heterocycles. The van der Waals surface area contributed by atoms with Crippen molar-refractivity contribution in [3.05, 3.63) is 18.2 Å². The minimum atomic E-state index is 0.154. The minimum Gasteiger partial charge on any atom is -0.480 e. The van der Waals surface area contributed by atoms with Crippen LogP contribution in [-0.2, 0) is 4.74 Å². The molecule has 12 heavy (non-hydrogen) atoms. The van der Waals surface area contributed by atoms with E-state index in [2.05, 4.69) is 4.98 Å². The predicted octanol–water partition coefficient (Wildman–Crippen LogP) is 1.44. The summed E-state index contributed by atoms with van der Waals surface area (Å²) in [6, 6.07) is 0.304. The van der Waals surface area contributed by atoms with E-state index in [4.69, 9.17) is 10.1 Å². The van der Waals surface area contributed by atoms with E-state index in [1.54, 1.807) is 12.5 Å². The summed E-state index contributed by atoms with van der Waals surface area (Å²) in [4.78, 5) is 3.95. The van der Waals surface area contributed by atoms with Crippen LogP contribution in [-0.4, -0.2) is 22.6 Å². The number of hydrogen-bond acceptors (Lipinski definition) is 3. The minimum absolute atomic E-state index is 0.154. The van der Waals surface area contributed by atoms with Crippen molar-refractivity contribution >= 4 is 5.90 Å². The molecule has 0 aliphatic heterocycles. The second-order valence-electron chi connectivity index (χ2n) is 2.81. The molecule has 4 heteroatoms. The average Bonchev–Trinajstić information content (AvgIpc) is 2.50. The fourth-order valence-electron chi connectivity index (χ4n) is 0.997. The van der Waals surface area contributed by atoms with Crippen LogP contribution in [0.4, 0.5) is 0 Å². The van der Waals surface area contributed by atoms with Crippen molar-refractivity contribution in [3.63, 3.8) is 0 Å². The Morgan fingerprint density at radius 3 is 2.83 bits per heavy atom. The Morgan fingerprint density at radius 1 is 1.67 bits per heavy atom. The summed E-state index contributed by atoms with van der Waals surface area (Å²) in [5, 5.41) is 7.45. The Balaban J connectivity index is 2.99. The zero-order valence-corrected chi connectivity index (χ0v) is 7.53. The molecule has 1 N–H and O–H groups in total. The summed E-state index contributed by atoms with van der Waals surface area (Å²) < 4.78 is 6.70. The van der Waals surface area contributed by atoms with Crippen LogP contribution in [0.1, 0.15) is 25.6 Å². The normalized spacial score (nSPS) is 10.3. The zero-order chi connectivity index (χ0) is 9.14. The van der Waals surface area contributed by atoms with E-state index < -0.39 is 0 Å². The fraction of sp³-hybridized carbons (Fsp3) is 0.500. The SMILES string of the molecule is COC(=N)c1cncn1C(C)C. The van der Waals surface area contributed by atoms with Crippen LogP contribution in [0.5, 0.6) is 0 Å². The maximum Gasteiger partial charge on any atom is 0.231 e. The number of aromatic nitrogens is 2. The first-order valence-corrected chi connectivity index (χ1v) is 3.81. The Hall–Kier alpha value is -1.32. The van der Waals surface area contributed by atoms with Gasteiger partial charge in [-0.15, -0.1) is 0 Å². The summed E-state index contributed by atoms with van der Waals surface area (Å²) in [5.74, 6) is 0.154. The number of rotatable bonds is 2. The maximum absolute atomic E-state index is 7.45. The Labute approximate surface area is 71.7 Å². The zero-order valence-electron chi connectivity index (χ0n) is 7.53. The smallest absolute Gasteiger partial charge is 0.231 e. The molecule has 1 aromatic rings. The molecule has 0 atom stereocenters. The first kappa shape index (κ1) is 8.77. The van der Waals surface area contributed by atoms with E-state index in [0.717, 1.165) is 0 Å². The van der Waals surface area contributed by atoms with Gasteiger partial charge in [0.25, 0.3) is 0 Å². The van der Waals surface area contributed by atoms with Gasteiger partial charge in [0.1, 0.15) is 5.69 Å². The quantitative estimate of drug-likeness (QED) is 0.535. The van der Waals surface area contributed by atoms with Gasteiger partial charge in [-0.05, 0) is 13.8 Å². The van der Waals surface area contributed by atoms with Crippen LogP contribution >= 0.6 is 0 Å². The average molecular weight is 167 g/mol. The van der Waals surface area contributed by atoms with Crippen molar-refractivity contribution in [2.75, 3.05) is 7.11 Å². The highest BCUT2D eigenvalue weighted by atomic mass is 16.5. The molecule has 0 aliphatic rings. The summed E-state index contributed by atoms with van der Waals surface area (Å²) in [5.41, 5.74) is 0.715. The third kappa shape index (κ3) is 1.47. The van der Waals surface area contributed by atoms with E-state index in [-0.39, 0.29) is 5.90 Å². The third-order valence-electron chi connectivity index (χ3n) is 1.66. The molecular formula is C8H13N3O. The first-order chi connectivity index (χ1) is 5.66. The van der Waals surface area contributed by atoms with Gasteiger partial charge in [0.2, 0.25) is 5.90 Å². The van der Waals surface area contributed by atoms with Crippen LogP contribution < -0.4 is 0 Å². The van der Waals surface area contributed by atoms with Gasteiger partial charge in [-0.3, -0.25) is 5.41 Å². The molecule has 4 nitrogen and oxygen atoms in total. The predicted molar refractivity (Wildman–Crippen MR) is 46.4 cm³/mol. The molecule has 0 spiro atoms. The Kier molecular flexibility index (Phi) is 2.47. The van der Waals surface area contributed by atoms with Crippen LogP contribution in [0.2, 0.25) is 0 Å². The largest absolute Gasteiger partial charge is 0.480 e. The lowest BCUT2D eigenvalue weighted by Gasteiger charge is -2.10. The van der Waals surface area contributed by atoms with Gasteiger partial charge in [0, 0.05) is 6.04 Å². The number of hydrogen-bond donors (Lipinski definition) is 1.